The molecule has 1 unspecified atom stereocenters. The Morgan fingerprint density at radius 1 is 1.00 bits per heavy atom. The minimum atomic E-state index is -0.680. The van der Waals surface area contributed by atoms with Gasteiger partial charge in [0.05, 0.1) is 6.10 Å². The number of hydrogen-bond donors (Lipinski definition) is 0. The molecule has 1 aliphatic heterocycles. The van der Waals surface area contributed by atoms with Crippen molar-refractivity contribution in [2.75, 3.05) is 19.6 Å². The summed E-state index contributed by atoms with van der Waals surface area (Å²) in [5, 5.41) is 0. The molecule has 0 saturated carbocycles. The van der Waals surface area contributed by atoms with Gasteiger partial charge in [-0.3, -0.25) is 9.69 Å². The van der Waals surface area contributed by atoms with E-state index in [9.17, 15) is 14.0 Å². The van der Waals surface area contributed by atoms with Crippen molar-refractivity contribution in [3.05, 3.63) is 71.5 Å². The molecular weight excluding hydrogens is 385 g/mol. The standard InChI is InChI=1S/C24H28FNO4/c1-17(2)29-24(28)30-22(18-6-4-3-5-7-18)16-26-14-12-20(13-15-26)23(27)19-8-10-21(25)11-9-19/h3-11,17,20,22H,12-16H2,1-2H3. The first-order valence-electron chi connectivity index (χ1n) is 10.4. The van der Waals surface area contributed by atoms with Gasteiger partial charge in [-0.1, -0.05) is 30.3 Å². The van der Waals surface area contributed by atoms with Gasteiger partial charge < -0.3 is 9.47 Å². The second kappa shape index (κ2) is 10.3. The zero-order valence-corrected chi connectivity index (χ0v) is 17.4. The van der Waals surface area contributed by atoms with Gasteiger partial charge >= 0.3 is 6.16 Å². The van der Waals surface area contributed by atoms with Crippen LogP contribution in [0.2, 0.25) is 0 Å². The fraction of sp³-hybridized carbons (Fsp3) is 0.417. The summed E-state index contributed by atoms with van der Waals surface area (Å²) in [6.45, 7) is 5.55. The molecule has 0 radical (unpaired) electrons. The molecule has 0 N–H and O–H groups in total. The van der Waals surface area contributed by atoms with Crippen molar-refractivity contribution in [3.63, 3.8) is 0 Å². The van der Waals surface area contributed by atoms with Gasteiger partial charge in [0.25, 0.3) is 0 Å². The molecule has 1 saturated heterocycles. The Bertz CT molecular complexity index is 830. The molecule has 1 aliphatic rings. The lowest BCUT2D eigenvalue weighted by Gasteiger charge is -2.33. The number of rotatable bonds is 7. The molecule has 0 amide bonds. The van der Waals surface area contributed by atoms with Crippen LogP contribution in [0.1, 0.15) is 48.7 Å². The molecule has 0 bridgehead atoms. The van der Waals surface area contributed by atoms with E-state index in [0.29, 0.717) is 24.9 Å². The van der Waals surface area contributed by atoms with Crippen LogP contribution in [-0.2, 0) is 9.47 Å². The van der Waals surface area contributed by atoms with E-state index in [0.717, 1.165) is 18.7 Å². The predicted molar refractivity (Wildman–Crippen MR) is 112 cm³/mol. The molecular formula is C24H28FNO4. The number of nitrogens with zero attached hydrogens (tertiary/aromatic N) is 1. The van der Waals surface area contributed by atoms with Crippen molar-refractivity contribution in [1.29, 1.82) is 0 Å². The van der Waals surface area contributed by atoms with Gasteiger partial charge in [0, 0.05) is 18.0 Å². The van der Waals surface area contributed by atoms with Crippen molar-refractivity contribution in [2.45, 2.75) is 38.9 Å². The lowest BCUT2D eigenvalue weighted by Crippen LogP contribution is -2.39. The number of likely N-dealkylation sites (tertiary alicyclic amines) is 1. The Hall–Kier alpha value is -2.73. The van der Waals surface area contributed by atoms with Gasteiger partial charge in [-0.25, -0.2) is 9.18 Å². The highest BCUT2D eigenvalue weighted by atomic mass is 19.1. The Morgan fingerprint density at radius 2 is 1.63 bits per heavy atom. The summed E-state index contributed by atoms with van der Waals surface area (Å²) in [6, 6.07) is 15.3. The lowest BCUT2D eigenvalue weighted by molar-refractivity contribution is -0.00711. The van der Waals surface area contributed by atoms with E-state index in [1.807, 2.05) is 30.3 Å². The molecule has 3 rings (SSSR count). The average Bonchev–Trinajstić information content (AvgIpc) is 2.74. The number of ketones is 1. The monoisotopic (exact) mass is 413 g/mol. The summed E-state index contributed by atoms with van der Waals surface area (Å²) in [7, 11) is 0. The second-order valence-electron chi connectivity index (χ2n) is 7.88. The molecule has 0 aliphatic carbocycles. The highest BCUT2D eigenvalue weighted by Gasteiger charge is 2.28. The number of carbonyl (C=O) groups is 2. The molecule has 0 spiro atoms. The highest BCUT2D eigenvalue weighted by Crippen LogP contribution is 2.26. The van der Waals surface area contributed by atoms with E-state index in [1.54, 1.807) is 26.0 Å². The van der Waals surface area contributed by atoms with Crippen molar-refractivity contribution in [2.24, 2.45) is 5.92 Å². The Morgan fingerprint density at radius 3 is 2.23 bits per heavy atom. The first-order valence-corrected chi connectivity index (χ1v) is 10.4. The number of Topliss-reactive ketones (excluding diaryl/α,β-unsaturated/α-hetero) is 1. The zero-order chi connectivity index (χ0) is 21.5. The minimum Gasteiger partial charge on any atom is -0.432 e. The first-order chi connectivity index (χ1) is 14.4. The molecule has 0 aromatic heterocycles. The van der Waals surface area contributed by atoms with E-state index >= 15 is 0 Å². The molecule has 2 aromatic carbocycles. The molecule has 1 atom stereocenters. The SMILES string of the molecule is CC(C)OC(=O)OC(CN1CCC(C(=O)c2ccc(F)cc2)CC1)c1ccccc1. The van der Waals surface area contributed by atoms with E-state index in [-0.39, 0.29) is 23.6 Å². The third kappa shape index (κ3) is 6.13. The topological polar surface area (TPSA) is 55.8 Å². The van der Waals surface area contributed by atoms with Crippen LogP contribution < -0.4 is 0 Å². The van der Waals surface area contributed by atoms with Crippen molar-refractivity contribution in [1.82, 2.24) is 4.90 Å². The third-order valence-corrected chi connectivity index (χ3v) is 5.25. The van der Waals surface area contributed by atoms with Crippen LogP contribution in [0.15, 0.2) is 54.6 Å². The normalized spacial score (nSPS) is 16.3. The predicted octanol–water partition coefficient (Wildman–Crippen LogP) is 5.02. The van der Waals surface area contributed by atoms with E-state index in [4.69, 9.17) is 9.47 Å². The van der Waals surface area contributed by atoms with Crippen molar-refractivity contribution >= 4 is 11.9 Å². The van der Waals surface area contributed by atoms with Crippen LogP contribution in [0.3, 0.4) is 0 Å². The number of halogens is 1. The molecule has 2 aromatic rings. The summed E-state index contributed by atoms with van der Waals surface area (Å²) in [5.41, 5.74) is 1.46. The number of benzene rings is 2. The summed E-state index contributed by atoms with van der Waals surface area (Å²) in [5.74, 6) is -0.357. The maximum Gasteiger partial charge on any atom is 0.509 e. The van der Waals surface area contributed by atoms with Gasteiger partial charge in [0.2, 0.25) is 0 Å². The largest absolute Gasteiger partial charge is 0.509 e. The molecule has 1 heterocycles. The lowest BCUT2D eigenvalue weighted by atomic mass is 9.88. The quantitative estimate of drug-likeness (QED) is 0.471. The van der Waals surface area contributed by atoms with Crippen molar-refractivity contribution in [3.8, 4) is 0 Å². The second-order valence-corrected chi connectivity index (χ2v) is 7.88. The fourth-order valence-corrected chi connectivity index (χ4v) is 3.68. The maximum absolute atomic E-state index is 13.1. The molecule has 1 fully saturated rings. The summed E-state index contributed by atoms with van der Waals surface area (Å²) < 4.78 is 23.8. The summed E-state index contributed by atoms with van der Waals surface area (Å²) in [4.78, 5) is 27.0. The van der Waals surface area contributed by atoms with Gasteiger partial charge in [-0.2, -0.15) is 0 Å². The third-order valence-electron chi connectivity index (χ3n) is 5.25. The average molecular weight is 413 g/mol. The van der Waals surface area contributed by atoms with Crippen LogP contribution in [0.5, 0.6) is 0 Å². The summed E-state index contributed by atoms with van der Waals surface area (Å²) in [6.07, 6.45) is 0.0617. The number of carbonyl (C=O) groups excluding carboxylic acids is 2. The fourth-order valence-electron chi connectivity index (χ4n) is 3.68. The maximum atomic E-state index is 13.1. The van der Waals surface area contributed by atoms with Crippen LogP contribution in [-0.4, -0.2) is 42.6 Å². The number of hydrogen-bond acceptors (Lipinski definition) is 5. The Kier molecular flexibility index (Phi) is 7.57. The van der Waals surface area contributed by atoms with E-state index in [2.05, 4.69) is 4.90 Å². The van der Waals surface area contributed by atoms with Gasteiger partial charge in [0.15, 0.2) is 5.78 Å². The molecule has 6 heteroatoms. The first kappa shape index (κ1) is 22.0. The van der Waals surface area contributed by atoms with Crippen LogP contribution >= 0.6 is 0 Å². The Labute approximate surface area is 176 Å². The number of piperidine rings is 1. The van der Waals surface area contributed by atoms with Crippen molar-refractivity contribution < 1.29 is 23.5 Å². The van der Waals surface area contributed by atoms with Crippen LogP contribution in [0.25, 0.3) is 0 Å². The van der Waals surface area contributed by atoms with Gasteiger partial charge in [-0.05, 0) is 69.6 Å². The molecule has 160 valence electrons. The van der Waals surface area contributed by atoms with E-state index < -0.39 is 12.3 Å². The van der Waals surface area contributed by atoms with E-state index in [1.165, 1.54) is 12.1 Å². The smallest absolute Gasteiger partial charge is 0.432 e. The molecule has 5 nitrogen and oxygen atoms in total. The highest BCUT2D eigenvalue weighted by molar-refractivity contribution is 5.97. The van der Waals surface area contributed by atoms with Gasteiger partial charge in [-0.15, -0.1) is 0 Å². The number of ether oxygens (including phenoxy) is 2. The van der Waals surface area contributed by atoms with Crippen LogP contribution in [0.4, 0.5) is 9.18 Å². The Balaban J connectivity index is 1.59. The van der Waals surface area contributed by atoms with Gasteiger partial charge in [0.1, 0.15) is 11.9 Å². The zero-order valence-electron chi connectivity index (χ0n) is 17.4. The minimum absolute atomic E-state index is 0.0611. The van der Waals surface area contributed by atoms with Crippen LogP contribution in [0, 0.1) is 11.7 Å². The molecule has 30 heavy (non-hydrogen) atoms. The summed E-state index contributed by atoms with van der Waals surface area (Å²) >= 11 is 0.